The fraction of sp³-hybridized carbons (Fsp3) is 0.286. The summed E-state index contributed by atoms with van der Waals surface area (Å²) >= 11 is 0. The number of nitrogens with one attached hydrogen (secondary N) is 1. The van der Waals surface area contributed by atoms with Crippen molar-refractivity contribution < 1.29 is 13.9 Å². The minimum atomic E-state index is -0.108. The molecule has 0 aliphatic carbocycles. The van der Waals surface area contributed by atoms with Crippen molar-refractivity contribution in [2.45, 2.75) is 25.4 Å². The summed E-state index contributed by atoms with van der Waals surface area (Å²) < 4.78 is 11.4. The van der Waals surface area contributed by atoms with Crippen molar-refractivity contribution >= 4 is 11.7 Å². The van der Waals surface area contributed by atoms with Gasteiger partial charge in [0.15, 0.2) is 6.61 Å². The van der Waals surface area contributed by atoms with Gasteiger partial charge in [-0.05, 0) is 37.1 Å². The molecule has 28 heavy (non-hydrogen) atoms. The Kier molecular flexibility index (Phi) is 5.51. The van der Waals surface area contributed by atoms with Gasteiger partial charge in [0.25, 0.3) is 5.89 Å². The zero-order valence-corrected chi connectivity index (χ0v) is 15.5. The number of para-hydroxylation sites is 2. The van der Waals surface area contributed by atoms with Crippen LogP contribution in [0.15, 0.2) is 65.1 Å². The number of nitrogens with zero attached hydrogens (tertiary/aromatic N) is 3. The fourth-order valence-electron chi connectivity index (χ4n) is 3.24. The first-order valence-corrected chi connectivity index (χ1v) is 9.39. The van der Waals surface area contributed by atoms with Crippen molar-refractivity contribution in [2.24, 2.45) is 0 Å². The van der Waals surface area contributed by atoms with E-state index in [4.69, 9.17) is 9.15 Å². The van der Waals surface area contributed by atoms with Crippen molar-refractivity contribution in [2.75, 3.05) is 18.4 Å². The predicted molar refractivity (Wildman–Crippen MR) is 104 cm³/mol. The first-order chi connectivity index (χ1) is 13.8. The number of urea groups is 1. The largest absolute Gasteiger partial charge is 0.484 e. The topological polar surface area (TPSA) is 80.5 Å². The lowest BCUT2D eigenvalue weighted by Crippen LogP contribution is -2.41. The van der Waals surface area contributed by atoms with Crippen LogP contribution < -0.4 is 10.1 Å². The van der Waals surface area contributed by atoms with E-state index in [9.17, 15) is 4.79 Å². The summed E-state index contributed by atoms with van der Waals surface area (Å²) in [4.78, 5) is 14.3. The monoisotopic (exact) mass is 378 g/mol. The van der Waals surface area contributed by atoms with E-state index in [1.165, 1.54) is 0 Å². The molecule has 2 aromatic carbocycles. The summed E-state index contributed by atoms with van der Waals surface area (Å²) in [7, 11) is 0. The van der Waals surface area contributed by atoms with E-state index in [0.717, 1.165) is 24.3 Å². The number of amides is 2. The molecule has 1 aliphatic rings. The van der Waals surface area contributed by atoms with Crippen LogP contribution in [0, 0.1) is 0 Å². The SMILES string of the molecule is O=C(Nc1ccccc1)N1CCCC(c2nnc(COc3ccccc3)o2)C1. The van der Waals surface area contributed by atoms with Crippen LogP contribution in [0.2, 0.25) is 0 Å². The number of piperidine rings is 1. The number of carbonyl (C=O) groups is 1. The van der Waals surface area contributed by atoms with E-state index in [1.54, 1.807) is 4.90 Å². The quantitative estimate of drug-likeness (QED) is 0.724. The highest BCUT2D eigenvalue weighted by atomic mass is 16.5. The van der Waals surface area contributed by atoms with Crippen LogP contribution in [0.1, 0.15) is 30.5 Å². The van der Waals surface area contributed by atoms with Gasteiger partial charge >= 0.3 is 6.03 Å². The molecule has 3 aromatic rings. The second-order valence-electron chi connectivity index (χ2n) is 6.72. The van der Waals surface area contributed by atoms with Gasteiger partial charge in [-0.1, -0.05) is 36.4 Å². The van der Waals surface area contributed by atoms with Crippen molar-refractivity contribution in [1.82, 2.24) is 15.1 Å². The number of benzene rings is 2. The molecule has 1 saturated heterocycles. The Hall–Kier alpha value is -3.35. The molecule has 7 nitrogen and oxygen atoms in total. The lowest BCUT2D eigenvalue weighted by Gasteiger charge is -2.31. The molecule has 0 saturated carbocycles. The summed E-state index contributed by atoms with van der Waals surface area (Å²) in [6.45, 7) is 1.50. The zero-order valence-electron chi connectivity index (χ0n) is 15.5. The van der Waals surface area contributed by atoms with Gasteiger partial charge in [0.1, 0.15) is 5.75 Å². The zero-order chi connectivity index (χ0) is 19.2. The third-order valence-electron chi connectivity index (χ3n) is 4.67. The lowest BCUT2D eigenvalue weighted by atomic mass is 9.98. The molecule has 1 aromatic heterocycles. The Morgan fingerprint density at radius 1 is 1.11 bits per heavy atom. The molecule has 4 rings (SSSR count). The minimum Gasteiger partial charge on any atom is -0.484 e. The Balaban J connectivity index is 1.34. The maximum absolute atomic E-state index is 12.5. The number of hydrogen-bond donors (Lipinski definition) is 1. The van der Waals surface area contributed by atoms with Gasteiger partial charge < -0.3 is 19.4 Å². The van der Waals surface area contributed by atoms with Crippen LogP contribution in [0.25, 0.3) is 0 Å². The Bertz CT molecular complexity index is 898. The molecule has 0 bridgehead atoms. The van der Waals surface area contributed by atoms with Crippen molar-refractivity contribution in [3.8, 4) is 5.75 Å². The highest BCUT2D eigenvalue weighted by molar-refractivity contribution is 5.89. The molecule has 0 radical (unpaired) electrons. The highest BCUT2D eigenvalue weighted by Crippen LogP contribution is 2.26. The van der Waals surface area contributed by atoms with Crippen LogP contribution in [-0.4, -0.2) is 34.2 Å². The molecule has 1 unspecified atom stereocenters. The molecule has 1 aliphatic heterocycles. The van der Waals surface area contributed by atoms with E-state index in [2.05, 4.69) is 15.5 Å². The van der Waals surface area contributed by atoms with Crippen LogP contribution in [0.4, 0.5) is 10.5 Å². The average Bonchev–Trinajstić information content (AvgIpc) is 3.23. The maximum atomic E-state index is 12.5. The van der Waals surface area contributed by atoms with Gasteiger partial charge in [-0.25, -0.2) is 4.79 Å². The second kappa shape index (κ2) is 8.56. The summed E-state index contributed by atoms with van der Waals surface area (Å²) in [5, 5.41) is 11.2. The first kappa shape index (κ1) is 18.0. The van der Waals surface area contributed by atoms with Crippen molar-refractivity contribution in [3.05, 3.63) is 72.4 Å². The smallest absolute Gasteiger partial charge is 0.321 e. The van der Waals surface area contributed by atoms with Crippen LogP contribution in [-0.2, 0) is 6.61 Å². The molecule has 1 fully saturated rings. The minimum absolute atomic E-state index is 0.0354. The highest BCUT2D eigenvalue weighted by Gasteiger charge is 2.28. The number of carbonyl (C=O) groups excluding carboxylic acids is 1. The number of aromatic nitrogens is 2. The Morgan fingerprint density at radius 3 is 2.64 bits per heavy atom. The first-order valence-electron chi connectivity index (χ1n) is 9.39. The Labute approximate surface area is 163 Å². The Morgan fingerprint density at radius 2 is 1.86 bits per heavy atom. The molecule has 2 amide bonds. The summed E-state index contributed by atoms with van der Waals surface area (Å²) in [5.41, 5.74) is 0.785. The molecular formula is C21H22N4O3. The number of rotatable bonds is 5. The van der Waals surface area contributed by atoms with Gasteiger partial charge in [0, 0.05) is 18.8 Å². The van der Waals surface area contributed by atoms with Crippen LogP contribution in [0.5, 0.6) is 5.75 Å². The maximum Gasteiger partial charge on any atom is 0.321 e. The number of hydrogen-bond acceptors (Lipinski definition) is 5. The predicted octanol–water partition coefficient (Wildman–Crippen LogP) is 4.06. The van der Waals surface area contributed by atoms with Gasteiger partial charge in [-0.3, -0.25) is 0 Å². The second-order valence-corrected chi connectivity index (χ2v) is 6.72. The summed E-state index contributed by atoms with van der Waals surface area (Å²) in [6.07, 6.45) is 1.81. The fourth-order valence-corrected chi connectivity index (χ4v) is 3.24. The van der Waals surface area contributed by atoms with Crippen LogP contribution >= 0.6 is 0 Å². The number of anilines is 1. The molecule has 1 N–H and O–H groups in total. The summed E-state index contributed by atoms with van der Waals surface area (Å²) in [5.74, 6) is 1.78. The molecule has 1 atom stereocenters. The van der Waals surface area contributed by atoms with E-state index >= 15 is 0 Å². The van der Waals surface area contributed by atoms with Crippen molar-refractivity contribution in [1.29, 1.82) is 0 Å². The van der Waals surface area contributed by atoms with E-state index in [-0.39, 0.29) is 18.6 Å². The lowest BCUT2D eigenvalue weighted by molar-refractivity contribution is 0.184. The van der Waals surface area contributed by atoms with Gasteiger partial charge in [0.2, 0.25) is 5.89 Å². The van der Waals surface area contributed by atoms with Crippen LogP contribution in [0.3, 0.4) is 0 Å². The third kappa shape index (κ3) is 4.49. The summed E-state index contributed by atoms with van der Waals surface area (Å²) in [6, 6.07) is 18.8. The van der Waals surface area contributed by atoms with E-state index in [1.807, 2.05) is 60.7 Å². The molecular weight excluding hydrogens is 356 g/mol. The van der Waals surface area contributed by atoms with Gasteiger partial charge in [0.05, 0.1) is 5.92 Å². The average molecular weight is 378 g/mol. The number of ether oxygens (including phenoxy) is 1. The molecule has 144 valence electrons. The molecule has 2 heterocycles. The third-order valence-corrected chi connectivity index (χ3v) is 4.67. The molecule has 7 heteroatoms. The van der Waals surface area contributed by atoms with Gasteiger partial charge in [-0.15, -0.1) is 10.2 Å². The molecule has 0 spiro atoms. The number of likely N-dealkylation sites (tertiary alicyclic amines) is 1. The van der Waals surface area contributed by atoms with E-state index in [0.29, 0.717) is 24.9 Å². The van der Waals surface area contributed by atoms with Crippen molar-refractivity contribution in [3.63, 3.8) is 0 Å². The van der Waals surface area contributed by atoms with Gasteiger partial charge in [-0.2, -0.15) is 0 Å². The standard InChI is InChI=1S/C21H22N4O3/c26-21(22-17-9-3-1-4-10-17)25-13-7-8-16(14-25)20-24-23-19(28-20)15-27-18-11-5-2-6-12-18/h1-6,9-12,16H,7-8,13-15H2,(H,22,26). The van der Waals surface area contributed by atoms with E-state index < -0.39 is 0 Å². The normalized spacial score (nSPS) is 16.6.